The van der Waals surface area contributed by atoms with Crippen LogP contribution in [0.2, 0.25) is 0 Å². The zero-order valence-corrected chi connectivity index (χ0v) is 12.6. The molecule has 116 valence electrons. The number of carboxylic acids is 1. The Morgan fingerprint density at radius 3 is 2.33 bits per heavy atom. The van der Waals surface area contributed by atoms with Gasteiger partial charge in [0.25, 0.3) is 0 Å². The molecule has 1 heterocycles. The summed E-state index contributed by atoms with van der Waals surface area (Å²) in [7, 11) is 0. The minimum atomic E-state index is -0.929. The summed E-state index contributed by atoms with van der Waals surface area (Å²) in [5.74, 6) is -0.220. The maximum atomic E-state index is 10.8. The average Bonchev–Trinajstić information content (AvgIpc) is 2.40. The molecule has 2 rings (SSSR count). The lowest BCUT2D eigenvalue weighted by Gasteiger charge is -2.35. The van der Waals surface area contributed by atoms with Crippen LogP contribution in [-0.2, 0) is 0 Å². The summed E-state index contributed by atoms with van der Waals surface area (Å²) < 4.78 is 5.89. The van der Waals surface area contributed by atoms with Gasteiger partial charge in [0.2, 0.25) is 0 Å². The van der Waals surface area contributed by atoms with Gasteiger partial charge in [0.15, 0.2) is 0 Å². The van der Waals surface area contributed by atoms with Crippen LogP contribution >= 0.6 is 0 Å². The predicted octanol–water partition coefficient (Wildman–Crippen LogP) is 2.00. The minimum Gasteiger partial charge on any atom is -0.490 e. The summed E-state index contributed by atoms with van der Waals surface area (Å²) >= 11 is 0. The van der Waals surface area contributed by atoms with Gasteiger partial charge >= 0.3 is 5.97 Å². The third-order valence-electron chi connectivity index (χ3n) is 3.55. The molecule has 5 heteroatoms. The maximum absolute atomic E-state index is 10.8. The molecule has 0 radical (unpaired) electrons. The highest BCUT2D eigenvalue weighted by molar-refractivity contribution is 5.87. The summed E-state index contributed by atoms with van der Waals surface area (Å²) in [6.45, 7) is 6.12. The lowest BCUT2D eigenvalue weighted by molar-refractivity contribution is 0.0140. The number of aliphatic hydroxyl groups is 1. The van der Waals surface area contributed by atoms with Crippen molar-refractivity contribution in [2.45, 2.75) is 38.4 Å². The van der Waals surface area contributed by atoms with E-state index in [0.29, 0.717) is 12.3 Å². The van der Waals surface area contributed by atoms with Crippen LogP contribution in [-0.4, -0.2) is 52.4 Å². The quantitative estimate of drug-likeness (QED) is 0.869. The molecule has 0 aromatic heterocycles. The minimum absolute atomic E-state index is 0.152. The van der Waals surface area contributed by atoms with Gasteiger partial charge in [-0.2, -0.15) is 0 Å². The van der Waals surface area contributed by atoms with Crippen LogP contribution in [0.1, 0.15) is 37.0 Å². The Morgan fingerprint density at radius 2 is 1.86 bits per heavy atom. The number of nitrogens with zero attached hydrogens (tertiary/aromatic N) is 1. The number of carboxylic acid groups (broad SMARTS) is 1. The van der Waals surface area contributed by atoms with Gasteiger partial charge in [0, 0.05) is 19.6 Å². The Hall–Kier alpha value is -1.59. The molecule has 1 fully saturated rings. The molecule has 0 spiro atoms. The highest BCUT2D eigenvalue weighted by Gasteiger charge is 2.24. The van der Waals surface area contributed by atoms with Crippen molar-refractivity contribution < 1.29 is 19.7 Å². The fourth-order valence-electron chi connectivity index (χ4n) is 2.60. The molecule has 0 unspecified atom stereocenters. The SMILES string of the molecule is CC(C)(O)CN1CCC(Oc2ccc(C(=O)O)cc2)CC1. The van der Waals surface area contributed by atoms with Gasteiger partial charge in [0.1, 0.15) is 11.9 Å². The average molecular weight is 293 g/mol. The highest BCUT2D eigenvalue weighted by atomic mass is 16.5. The molecule has 0 bridgehead atoms. The molecule has 0 atom stereocenters. The maximum Gasteiger partial charge on any atom is 0.335 e. The van der Waals surface area contributed by atoms with Crippen molar-refractivity contribution in [3.05, 3.63) is 29.8 Å². The fraction of sp³-hybridized carbons (Fsp3) is 0.562. The number of hydrogen-bond donors (Lipinski definition) is 2. The Balaban J connectivity index is 1.82. The van der Waals surface area contributed by atoms with Crippen LogP contribution in [0.3, 0.4) is 0 Å². The number of ether oxygens (including phenoxy) is 1. The summed E-state index contributed by atoms with van der Waals surface area (Å²) in [5.41, 5.74) is -0.400. The number of carbonyl (C=O) groups is 1. The number of hydrogen-bond acceptors (Lipinski definition) is 4. The van der Waals surface area contributed by atoms with Crippen LogP contribution in [0, 0.1) is 0 Å². The zero-order valence-electron chi connectivity index (χ0n) is 12.6. The van der Waals surface area contributed by atoms with E-state index in [0.717, 1.165) is 25.9 Å². The van der Waals surface area contributed by atoms with Crippen molar-refractivity contribution in [1.29, 1.82) is 0 Å². The van der Waals surface area contributed by atoms with E-state index in [4.69, 9.17) is 9.84 Å². The van der Waals surface area contributed by atoms with Crippen LogP contribution < -0.4 is 4.74 Å². The first-order valence-corrected chi connectivity index (χ1v) is 7.28. The molecular formula is C16H23NO4. The molecule has 1 saturated heterocycles. The number of likely N-dealkylation sites (tertiary alicyclic amines) is 1. The van der Waals surface area contributed by atoms with Crippen LogP contribution in [0.25, 0.3) is 0 Å². The van der Waals surface area contributed by atoms with E-state index in [2.05, 4.69) is 4.90 Å². The molecule has 1 aliphatic rings. The lowest BCUT2D eigenvalue weighted by Crippen LogP contribution is -2.45. The molecule has 21 heavy (non-hydrogen) atoms. The summed E-state index contributed by atoms with van der Waals surface area (Å²) in [6.07, 6.45) is 1.98. The highest BCUT2D eigenvalue weighted by Crippen LogP contribution is 2.20. The normalized spacial score (nSPS) is 17.7. The Labute approximate surface area is 125 Å². The smallest absolute Gasteiger partial charge is 0.335 e. The van der Waals surface area contributed by atoms with Gasteiger partial charge in [0.05, 0.1) is 11.2 Å². The van der Waals surface area contributed by atoms with E-state index in [-0.39, 0.29) is 11.7 Å². The van der Waals surface area contributed by atoms with Crippen LogP contribution in [0.4, 0.5) is 0 Å². The van der Waals surface area contributed by atoms with Crippen molar-refractivity contribution in [3.63, 3.8) is 0 Å². The Kier molecular flexibility index (Phi) is 4.85. The molecule has 0 amide bonds. The molecule has 1 aliphatic heterocycles. The van der Waals surface area contributed by atoms with Crippen LogP contribution in [0.15, 0.2) is 24.3 Å². The standard InChI is InChI=1S/C16H23NO4/c1-16(2,20)11-17-9-7-14(8-10-17)21-13-5-3-12(4-6-13)15(18)19/h3-6,14,20H,7-11H2,1-2H3,(H,18,19). The van der Waals surface area contributed by atoms with Crippen molar-refractivity contribution in [2.75, 3.05) is 19.6 Å². The van der Waals surface area contributed by atoms with Gasteiger partial charge in [-0.25, -0.2) is 4.79 Å². The first kappa shape index (κ1) is 15.8. The van der Waals surface area contributed by atoms with E-state index in [1.165, 1.54) is 0 Å². The van der Waals surface area contributed by atoms with E-state index >= 15 is 0 Å². The molecule has 1 aromatic carbocycles. The zero-order chi connectivity index (χ0) is 15.5. The first-order chi connectivity index (χ1) is 9.83. The lowest BCUT2D eigenvalue weighted by atomic mass is 10.0. The topological polar surface area (TPSA) is 70.0 Å². The number of aromatic carboxylic acids is 1. The second-order valence-electron chi connectivity index (χ2n) is 6.24. The summed E-state index contributed by atoms with van der Waals surface area (Å²) in [4.78, 5) is 13.0. The summed E-state index contributed by atoms with van der Waals surface area (Å²) in [5, 5.41) is 18.7. The molecule has 0 aliphatic carbocycles. The number of rotatable bonds is 5. The molecule has 5 nitrogen and oxygen atoms in total. The van der Waals surface area contributed by atoms with Gasteiger partial charge < -0.3 is 19.8 Å². The number of benzene rings is 1. The van der Waals surface area contributed by atoms with E-state index in [1.807, 2.05) is 13.8 Å². The molecular weight excluding hydrogens is 270 g/mol. The summed E-state index contributed by atoms with van der Waals surface area (Å²) in [6, 6.07) is 6.52. The van der Waals surface area contributed by atoms with E-state index in [9.17, 15) is 9.90 Å². The van der Waals surface area contributed by atoms with Gasteiger partial charge in [-0.1, -0.05) is 0 Å². The second kappa shape index (κ2) is 6.45. The van der Waals surface area contributed by atoms with Gasteiger partial charge in [-0.05, 0) is 51.0 Å². The number of piperidine rings is 1. The van der Waals surface area contributed by atoms with Gasteiger partial charge in [-0.15, -0.1) is 0 Å². The van der Waals surface area contributed by atoms with E-state index < -0.39 is 11.6 Å². The third kappa shape index (κ3) is 5.02. The predicted molar refractivity (Wildman–Crippen MR) is 79.8 cm³/mol. The van der Waals surface area contributed by atoms with Crippen LogP contribution in [0.5, 0.6) is 5.75 Å². The van der Waals surface area contributed by atoms with Crippen molar-refractivity contribution >= 4 is 5.97 Å². The monoisotopic (exact) mass is 293 g/mol. The molecule has 2 N–H and O–H groups in total. The third-order valence-corrected chi connectivity index (χ3v) is 3.55. The Bertz CT molecular complexity index is 470. The van der Waals surface area contributed by atoms with Gasteiger partial charge in [-0.3, -0.25) is 0 Å². The largest absolute Gasteiger partial charge is 0.490 e. The van der Waals surface area contributed by atoms with E-state index in [1.54, 1.807) is 24.3 Å². The van der Waals surface area contributed by atoms with Crippen molar-refractivity contribution in [3.8, 4) is 5.75 Å². The second-order valence-corrected chi connectivity index (χ2v) is 6.24. The Morgan fingerprint density at radius 1 is 1.29 bits per heavy atom. The molecule has 1 aromatic rings. The number of β-amino-alcohol motifs (C(OH)–C–C–N with tert-alkyl or cyclic N) is 1. The molecule has 0 saturated carbocycles. The fourth-order valence-corrected chi connectivity index (χ4v) is 2.60. The first-order valence-electron chi connectivity index (χ1n) is 7.28. The van der Waals surface area contributed by atoms with Crippen molar-refractivity contribution in [1.82, 2.24) is 4.90 Å². The van der Waals surface area contributed by atoms with Crippen molar-refractivity contribution in [2.24, 2.45) is 0 Å².